The predicted molar refractivity (Wildman–Crippen MR) is 67.5 cm³/mol. The summed E-state index contributed by atoms with van der Waals surface area (Å²) in [6, 6.07) is 8.32. The second-order valence-electron chi connectivity index (χ2n) is 3.88. The van der Waals surface area contributed by atoms with Crippen LogP contribution in [-0.4, -0.2) is 4.98 Å². The van der Waals surface area contributed by atoms with Crippen molar-refractivity contribution in [1.29, 1.82) is 0 Å². The lowest BCUT2D eigenvalue weighted by molar-refractivity contribution is 0.290. The van der Waals surface area contributed by atoms with E-state index in [2.05, 4.69) is 10.4 Å². The Hall–Kier alpha value is -2.14. The van der Waals surface area contributed by atoms with Gasteiger partial charge in [0.25, 0.3) is 0 Å². The molecule has 94 valence electrons. The van der Waals surface area contributed by atoms with E-state index in [1.807, 2.05) is 13.0 Å². The molecule has 0 saturated carbocycles. The smallest absolute Gasteiger partial charge is 0.165 e. The Bertz CT molecular complexity index is 546. The van der Waals surface area contributed by atoms with Crippen LogP contribution in [0.25, 0.3) is 0 Å². The van der Waals surface area contributed by atoms with E-state index in [-0.39, 0.29) is 18.2 Å². The maximum Gasteiger partial charge on any atom is 0.165 e. The van der Waals surface area contributed by atoms with Crippen LogP contribution < -0.4 is 16.0 Å². The highest BCUT2D eigenvalue weighted by molar-refractivity contribution is 5.42. The molecular weight excluding hydrogens is 233 g/mol. The quantitative estimate of drug-likeness (QED) is 0.643. The summed E-state index contributed by atoms with van der Waals surface area (Å²) in [7, 11) is 0. The summed E-state index contributed by atoms with van der Waals surface area (Å²) in [6.07, 6.45) is 1.62. The number of pyridine rings is 1. The largest absolute Gasteiger partial charge is 0.486 e. The average molecular weight is 247 g/mol. The van der Waals surface area contributed by atoms with Crippen LogP contribution in [0.3, 0.4) is 0 Å². The molecule has 1 aromatic heterocycles. The first-order valence-corrected chi connectivity index (χ1v) is 5.50. The number of nitrogens with zero attached hydrogens (tertiary/aromatic N) is 1. The molecule has 5 heteroatoms. The molecule has 0 spiro atoms. The maximum atomic E-state index is 13.5. The molecule has 0 aliphatic carbocycles. The Morgan fingerprint density at radius 2 is 2.22 bits per heavy atom. The summed E-state index contributed by atoms with van der Waals surface area (Å²) in [5, 5.41) is 0. The van der Waals surface area contributed by atoms with E-state index in [1.54, 1.807) is 24.4 Å². The third-order valence-electron chi connectivity index (χ3n) is 2.50. The third-order valence-corrected chi connectivity index (χ3v) is 2.50. The van der Waals surface area contributed by atoms with Crippen LogP contribution in [0.2, 0.25) is 0 Å². The molecule has 0 amide bonds. The number of benzene rings is 1. The number of rotatable bonds is 4. The van der Waals surface area contributed by atoms with Crippen LogP contribution in [0.1, 0.15) is 11.1 Å². The average Bonchev–Trinajstić information content (AvgIpc) is 2.40. The number of hydrogen-bond acceptors (Lipinski definition) is 4. The number of nitrogens with one attached hydrogen (secondary N) is 1. The predicted octanol–water partition coefficient (Wildman–Crippen LogP) is 2.39. The Morgan fingerprint density at radius 3 is 3.00 bits per heavy atom. The van der Waals surface area contributed by atoms with Gasteiger partial charge in [-0.15, -0.1) is 0 Å². The number of ether oxygens (including phenoxy) is 1. The summed E-state index contributed by atoms with van der Waals surface area (Å²) in [6.45, 7) is 2.08. The van der Waals surface area contributed by atoms with Crippen molar-refractivity contribution in [2.24, 2.45) is 5.84 Å². The van der Waals surface area contributed by atoms with E-state index in [0.29, 0.717) is 5.82 Å². The van der Waals surface area contributed by atoms with E-state index < -0.39 is 0 Å². The number of hydrogen-bond donors (Lipinski definition) is 2. The van der Waals surface area contributed by atoms with Gasteiger partial charge in [-0.25, -0.2) is 15.2 Å². The van der Waals surface area contributed by atoms with Crippen molar-refractivity contribution in [3.8, 4) is 5.75 Å². The minimum absolute atomic E-state index is 0.202. The molecule has 0 saturated heterocycles. The molecule has 4 nitrogen and oxygen atoms in total. The number of nitrogen functional groups attached to an aromatic ring is 1. The first-order chi connectivity index (χ1) is 8.70. The van der Waals surface area contributed by atoms with Crippen molar-refractivity contribution < 1.29 is 9.13 Å². The van der Waals surface area contributed by atoms with Gasteiger partial charge in [-0.05, 0) is 30.7 Å². The van der Waals surface area contributed by atoms with Gasteiger partial charge in [0.15, 0.2) is 11.6 Å². The SMILES string of the molecule is Cc1ccc(F)c(OCc2cccnc2NN)c1. The molecule has 3 N–H and O–H groups in total. The Kier molecular flexibility index (Phi) is 3.74. The normalized spacial score (nSPS) is 10.2. The molecule has 0 atom stereocenters. The first kappa shape index (κ1) is 12.3. The highest BCUT2D eigenvalue weighted by Gasteiger charge is 2.06. The molecule has 0 aliphatic heterocycles. The molecule has 1 heterocycles. The van der Waals surface area contributed by atoms with Gasteiger partial charge in [-0.1, -0.05) is 12.1 Å². The molecule has 0 fully saturated rings. The van der Waals surface area contributed by atoms with E-state index in [9.17, 15) is 4.39 Å². The third kappa shape index (κ3) is 2.75. The van der Waals surface area contributed by atoms with Crippen LogP contribution in [0.4, 0.5) is 10.2 Å². The van der Waals surface area contributed by atoms with Gasteiger partial charge in [0.2, 0.25) is 0 Å². The lowest BCUT2D eigenvalue weighted by Crippen LogP contribution is -2.12. The van der Waals surface area contributed by atoms with Gasteiger partial charge < -0.3 is 10.2 Å². The van der Waals surface area contributed by atoms with Gasteiger partial charge in [-0.3, -0.25) is 0 Å². The fraction of sp³-hybridized carbons (Fsp3) is 0.154. The first-order valence-electron chi connectivity index (χ1n) is 5.50. The number of hydrazine groups is 1. The Morgan fingerprint density at radius 1 is 1.39 bits per heavy atom. The van der Waals surface area contributed by atoms with E-state index in [1.165, 1.54) is 6.07 Å². The van der Waals surface area contributed by atoms with Crippen LogP contribution in [0.15, 0.2) is 36.5 Å². The van der Waals surface area contributed by atoms with Crippen molar-refractivity contribution in [3.05, 3.63) is 53.5 Å². The Labute approximate surface area is 105 Å². The van der Waals surface area contributed by atoms with Gasteiger partial charge in [0.1, 0.15) is 12.4 Å². The monoisotopic (exact) mass is 247 g/mol. The van der Waals surface area contributed by atoms with E-state index >= 15 is 0 Å². The summed E-state index contributed by atoms with van der Waals surface area (Å²) >= 11 is 0. The molecule has 2 rings (SSSR count). The zero-order valence-electron chi connectivity index (χ0n) is 9.98. The number of anilines is 1. The van der Waals surface area contributed by atoms with Crippen molar-refractivity contribution in [1.82, 2.24) is 4.98 Å². The van der Waals surface area contributed by atoms with Gasteiger partial charge in [0, 0.05) is 11.8 Å². The van der Waals surface area contributed by atoms with Crippen molar-refractivity contribution in [2.75, 3.05) is 5.43 Å². The van der Waals surface area contributed by atoms with E-state index in [0.717, 1.165) is 11.1 Å². The molecule has 0 unspecified atom stereocenters. The zero-order chi connectivity index (χ0) is 13.0. The van der Waals surface area contributed by atoms with Gasteiger partial charge in [-0.2, -0.15) is 0 Å². The standard InChI is InChI=1S/C13H14FN3O/c1-9-4-5-11(14)12(7-9)18-8-10-3-2-6-16-13(10)17-15/h2-7H,8,15H2,1H3,(H,16,17). The van der Waals surface area contributed by atoms with Gasteiger partial charge >= 0.3 is 0 Å². The van der Waals surface area contributed by atoms with Gasteiger partial charge in [0.05, 0.1) is 0 Å². The summed E-state index contributed by atoms with van der Waals surface area (Å²) in [4.78, 5) is 4.04. The second kappa shape index (κ2) is 5.46. The maximum absolute atomic E-state index is 13.5. The number of aryl methyl sites for hydroxylation is 1. The fourth-order valence-electron chi connectivity index (χ4n) is 1.56. The number of halogens is 1. The minimum atomic E-state index is -0.383. The van der Waals surface area contributed by atoms with Crippen LogP contribution in [-0.2, 0) is 6.61 Å². The summed E-state index contributed by atoms with van der Waals surface area (Å²) in [5.41, 5.74) is 4.18. The summed E-state index contributed by atoms with van der Waals surface area (Å²) in [5.74, 6) is 5.69. The highest BCUT2D eigenvalue weighted by atomic mass is 19.1. The van der Waals surface area contributed by atoms with Crippen molar-refractivity contribution >= 4 is 5.82 Å². The van der Waals surface area contributed by atoms with Crippen LogP contribution in [0.5, 0.6) is 5.75 Å². The zero-order valence-corrected chi connectivity index (χ0v) is 9.98. The molecule has 0 bridgehead atoms. The second-order valence-corrected chi connectivity index (χ2v) is 3.88. The van der Waals surface area contributed by atoms with Crippen molar-refractivity contribution in [3.63, 3.8) is 0 Å². The lowest BCUT2D eigenvalue weighted by Gasteiger charge is -2.10. The fourth-order valence-corrected chi connectivity index (χ4v) is 1.56. The van der Waals surface area contributed by atoms with E-state index in [4.69, 9.17) is 10.6 Å². The lowest BCUT2D eigenvalue weighted by atomic mass is 10.2. The topological polar surface area (TPSA) is 60.2 Å². The molecule has 18 heavy (non-hydrogen) atoms. The van der Waals surface area contributed by atoms with Crippen LogP contribution in [0, 0.1) is 12.7 Å². The Balaban J connectivity index is 2.14. The molecule has 1 aromatic carbocycles. The molecule has 2 aromatic rings. The molecular formula is C13H14FN3O. The summed E-state index contributed by atoms with van der Waals surface area (Å²) < 4.78 is 18.9. The highest BCUT2D eigenvalue weighted by Crippen LogP contribution is 2.20. The molecule has 0 radical (unpaired) electrons. The minimum Gasteiger partial charge on any atom is -0.486 e. The van der Waals surface area contributed by atoms with Crippen LogP contribution >= 0.6 is 0 Å². The number of aromatic nitrogens is 1. The van der Waals surface area contributed by atoms with Crippen molar-refractivity contribution in [2.45, 2.75) is 13.5 Å². The number of nitrogens with two attached hydrogens (primary N) is 1. The molecule has 0 aliphatic rings.